The number of esters is 2. The van der Waals surface area contributed by atoms with Gasteiger partial charge in [0.15, 0.2) is 0 Å². The van der Waals surface area contributed by atoms with Crippen molar-refractivity contribution >= 4 is 11.9 Å². The van der Waals surface area contributed by atoms with E-state index < -0.39 is 23.6 Å². The van der Waals surface area contributed by atoms with E-state index in [2.05, 4.69) is 16.4 Å². The lowest BCUT2D eigenvalue weighted by molar-refractivity contribution is -0.193. The van der Waals surface area contributed by atoms with Crippen LogP contribution in [-0.2, 0) is 33.3 Å². The summed E-state index contributed by atoms with van der Waals surface area (Å²) in [6.45, 7) is 3.29. The fraction of sp³-hybridized carbons (Fsp3) is 0.765. The Morgan fingerprint density at radius 3 is 2.32 bits per heavy atom. The molecule has 0 aromatic heterocycles. The molecule has 0 heterocycles. The van der Waals surface area contributed by atoms with Crippen LogP contribution in [0.25, 0.3) is 0 Å². The maximum atomic E-state index is 11.9. The first kappa shape index (κ1) is 23.4. The van der Waals surface area contributed by atoms with Gasteiger partial charge in [0.2, 0.25) is 5.76 Å². The van der Waals surface area contributed by atoms with E-state index in [0.717, 1.165) is 25.3 Å². The molecule has 2 atom stereocenters. The molecule has 0 rings (SSSR count). The molecule has 25 heavy (non-hydrogen) atoms. The van der Waals surface area contributed by atoms with E-state index in [4.69, 9.17) is 14.2 Å². The van der Waals surface area contributed by atoms with Gasteiger partial charge in [-0.1, -0.05) is 19.8 Å². The molecule has 0 amide bonds. The lowest BCUT2D eigenvalue weighted by Crippen LogP contribution is -2.47. The molecule has 0 spiro atoms. The molecule has 0 aromatic rings. The zero-order valence-electron chi connectivity index (χ0n) is 15.7. The van der Waals surface area contributed by atoms with Gasteiger partial charge in [0.05, 0.1) is 26.9 Å². The van der Waals surface area contributed by atoms with Crippen LogP contribution in [-0.4, -0.2) is 63.5 Å². The Balaban J connectivity index is 5.49. The van der Waals surface area contributed by atoms with Crippen molar-refractivity contribution in [3.63, 3.8) is 0 Å². The molecular weight excluding hydrogens is 332 g/mol. The second-order valence-electron chi connectivity index (χ2n) is 5.65. The maximum Gasteiger partial charge on any atom is 0.373 e. The number of unbranched alkanes of at least 4 members (excludes halogenated alkanes) is 2. The van der Waals surface area contributed by atoms with Gasteiger partial charge in [-0.25, -0.2) is 9.59 Å². The Hall–Kier alpha value is -1.64. The van der Waals surface area contributed by atoms with Gasteiger partial charge in [-0.3, -0.25) is 0 Å². The number of ether oxygens (including phenoxy) is 5. The molecule has 0 saturated heterocycles. The van der Waals surface area contributed by atoms with Gasteiger partial charge < -0.3 is 28.8 Å². The lowest BCUT2D eigenvalue weighted by atomic mass is 9.94. The van der Waals surface area contributed by atoms with Gasteiger partial charge in [-0.05, 0) is 19.8 Å². The maximum absolute atomic E-state index is 11.9. The topological polar surface area (TPSA) is 101 Å². The van der Waals surface area contributed by atoms with E-state index in [1.54, 1.807) is 6.92 Å². The Bertz CT molecular complexity index is 434. The molecule has 0 fully saturated rings. The Labute approximate surface area is 149 Å². The predicted octanol–water partition coefficient (Wildman–Crippen LogP) is 1.55. The second kappa shape index (κ2) is 12.7. The number of aliphatic hydroxyl groups excluding tert-OH is 1. The third-order valence-electron chi connectivity index (χ3n) is 3.68. The minimum absolute atomic E-state index is 0.0566. The van der Waals surface area contributed by atoms with Crippen molar-refractivity contribution in [2.75, 3.05) is 34.7 Å². The first-order chi connectivity index (χ1) is 11.9. The van der Waals surface area contributed by atoms with E-state index >= 15 is 0 Å². The fourth-order valence-electron chi connectivity index (χ4n) is 2.06. The number of carbonyl (C=O) groups excluding carboxylic acids is 2. The van der Waals surface area contributed by atoms with E-state index in [1.165, 1.54) is 21.3 Å². The molecule has 0 aliphatic carbocycles. The molecule has 146 valence electrons. The van der Waals surface area contributed by atoms with Crippen molar-refractivity contribution in [1.29, 1.82) is 0 Å². The van der Waals surface area contributed by atoms with Crippen molar-refractivity contribution in [3.05, 3.63) is 11.8 Å². The van der Waals surface area contributed by atoms with Crippen molar-refractivity contribution < 1.29 is 38.4 Å². The van der Waals surface area contributed by atoms with E-state index in [9.17, 15) is 14.7 Å². The zero-order valence-corrected chi connectivity index (χ0v) is 15.7. The molecule has 8 nitrogen and oxygen atoms in total. The van der Waals surface area contributed by atoms with E-state index in [-0.39, 0.29) is 19.2 Å². The lowest BCUT2D eigenvalue weighted by Gasteiger charge is -2.36. The molecule has 0 aromatic carbocycles. The van der Waals surface area contributed by atoms with Gasteiger partial charge in [-0.2, -0.15) is 0 Å². The SMILES string of the molecule is CCCCC[C@@H](O/C(=C\C(=O)OC)C(=O)OC)[C@@](C)(CO)OCOC. The highest BCUT2D eigenvalue weighted by molar-refractivity contribution is 5.94. The third-order valence-corrected chi connectivity index (χ3v) is 3.68. The monoisotopic (exact) mass is 362 g/mol. The van der Waals surface area contributed by atoms with Gasteiger partial charge in [0, 0.05) is 7.11 Å². The summed E-state index contributed by atoms with van der Waals surface area (Å²) < 4.78 is 25.4. The summed E-state index contributed by atoms with van der Waals surface area (Å²) in [7, 11) is 3.82. The van der Waals surface area contributed by atoms with Crippen molar-refractivity contribution in [1.82, 2.24) is 0 Å². The van der Waals surface area contributed by atoms with E-state index in [1.807, 2.05) is 0 Å². The average molecular weight is 362 g/mol. The minimum atomic E-state index is -1.13. The van der Waals surface area contributed by atoms with Gasteiger partial charge in [0.1, 0.15) is 18.5 Å². The van der Waals surface area contributed by atoms with Crippen LogP contribution in [0.5, 0.6) is 0 Å². The molecule has 0 saturated carbocycles. The number of aliphatic hydroxyl groups is 1. The van der Waals surface area contributed by atoms with Crippen LogP contribution in [0.4, 0.5) is 0 Å². The van der Waals surface area contributed by atoms with Crippen molar-refractivity contribution in [3.8, 4) is 0 Å². The summed E-state index contributed by atoms with van der Waals surface area (Å²) in [5.41, 5.74) is -1.13. The summed E-state index contributed by atoms with van der Waals surface area (Å²) in [5.74, 6) is -1.88. The second-order valence-corrected chi connectivity index (χ2v) is 5.65. The highest BCUT2D eigenvalue weighted by Crippen LogP contribution is 2.26. The normalized spacial score (nSPS) is 15.2. The Morgan fingerprint density at radius 1 is 1.16 bits per heavy atom. The van der Waals surface area contributed by atoms with Gasteiger partial charge >= 0.3 is 11.9 Å². The van der Waals surface area contributed by atoms with Crippen molar-refractivity contribution in [2.24, 2.45) is 0 Å². The minimum Gasteiger partial charge on any atom is -0.480 e. The molecule has 0 unspecified atom stereocenters. The van der Waals surface area contributed by atoms with Crippen LogP contribution in [0.2, 0.25) is 0 Å². The quantitative estimate of drug-likeness (QED) is 0.173. The molecule has 0 bridgehead atoms. The molecule has 0 radical (unpaired) electrons. The zero-order chi connectivity index (χ0) is 19.3. The number of rotatable bonds is 13. The number of methoxy groups -OCH3 is 3. The number of hydrogen-bond donors (Lipinski definition) is 1. The highest BCUT2D eigenvalue weighted by atomic mass is 16.7. The Kier molecular flexibility index (Phi) is 11.9. The largest absolute Gasteiger partial charge is 0.480 e. The van der Waals surface area contributed by atoms with Crippen LogP contribution in [0.3, 0.4) is 0 Å². The van der Waals surface area contributed by atoms with Crippen LogP contribution >= 0.6 is 0 Å². The highest BCUT2D eigenvalue weighted by Gasteiger charge is 2.38. The molecule has 0 aliphatic heterocycles. The van der Waals surface area contributed by atoms with Crippen LogP contribution in [0.1, 0.15) is 39.5 Å². The number of hydrogen-bond acceptors (Lipinski definition) is 8. The summed E-state index contributed by atoms with van der Waals surface area (Å²) in [6.07, 6.45) is 3.44. The molecule has 8 heteroatoms. The number of carbonyl (C=O) groups is 2. The first-order valence-corrected chi connectivity index (χ1v) is 8.16. The standard InChI is InChI=1S/C17H30O8/c1-6-7-8-9-14(17(2,11-18)24-12-21-3)25-13(16(20)23-5)10-15(19)22-4/h10,14,18H,6-9,11-12H2,1-5H3/b13-10-/t14-,17-/m1/s1. The van der Waals surface area contributed by atoms with Gasteiger partial charge in [0.25, 0.3) is 0 Å². The summed E-state index contributed by atoms with van der Waals surface area (Å²) in [6, 6.07) is 0. The van der Waals surface area contributed by atoms with Crippen LogP contribution in [0.15, 0.2) is 11.8 Å². The van der Waals surface area contributed by atoms with Crippen LogP contribution < -0.4 is 0 Å². The summed E-state index contributed by atoms with van der Waals surface area (Å²) in [5, 5.41) is 9.79. The summed E-state index contributed by atoms with van der Waals surface area (Å²) >= 11 is 0. The Morgan fingerprint density at radius 2 is 1.84 bits per heavy atom. The summed E-state index contributed by atoms with van der Waals surface area (Å²) in [4.78, 5) is 23.4. The molecular formula is C17H30O8. The smallest absolute Gasteiger partial charge is 0.373 e. The predicted molar refractivity (Wildman–Crippen MR) is 89.6 cm³/mol. The third kappa shape index (κ3) is 8.33. The van der Waals surface area contributed by atoms with Gasteiger partial charge in [-0.15, -0.1) is 0 Å². The molecule has 1 N–H and O–H groups in total. The fourth-order valence-corrected chi connectivity index (χ4v) is 2.06. The molecule has 0 aliphatic rings. The van der Waals surface area contributed by atoms with Crippen molar-refractivity contribution in [2.45, 2.75) is 51.2 Å². The van der Waals surface area contributed by atoms with Crippen LogP contribution in [0, 0.1) is 0 Å². The first-order valence-electron chi connectivity index (χ1n) is 8.16. The van der Waals surface area contributed by atoms with E-state index in [0.29, 0.717) is 6.42 Å². The average Bonchev–Trinajstić information content (AvgIpc) is 2.63.